The van der Waals surface area contributed by atoms with Gasteiger partial charge < -0.3 is 15.5 Å². The highest BCUT2D eigenvalue weighted by Crippen LogP contribution is 2.28. The molecule has 0 bridgehead atoms. The van der Waals surface area contributed by atoms with Gasteiger partial charge in [-0.05, 0) is 41.5 Å². The maximum atomic E-state index is 14.8. The molecule has 2 unspecified atom stereocenters. The molecule has 0 fully saturated rings. The third-order valence-corrected chi connectivity index (χ3v) is 6.38. The molecular formula is C29H25FN4O2. The molecule has 0 saturated heterocycles. The number of hydrogen-bond acceptors (Lipinski definition) is 3. The van der Waals surface area contributed by atoms with E-state index in [-0.39, 0.29) is 11.6 Å². The maximum Gasteiger partial charge on any atom is 0.317 e. The smallest absolute Gasteiger partial charge is 0.317 e. The summed E-state index contributed by atoms with van der Waals surface area (Å²) in [5.41, 5.74) is 2.69. The average Bonchev–Trinajstić information content (AvgIpc) is 2.99. The van der Waals surface area contributed by atoms with Crippen molar-refractivity contribution in [2.24, 2.45) is 4.99 Å². The Labute approximate surface area is 208 Å². The van der Waals surface area contributed by atoms with Gasteiger partial charge in [-0.3, -0.25) is 4.79 Å². The molecule has 6 nitrogen and oxygen atoms in total. The van der Waals surface area contributed by atoms with Gasteiger partial charge in [0.25, 0.3) is 5.91 Å². The minimum atomic E-state index is -1.24. The van der Waals surface area contributed by atoms with Crippen LogP contribution in [0.1, 0.15) is 29.7 Å². The normalized spacial score (nSPS) is 16.1. The van der Waals surface area contributed by atoms with Crippen LogP contribution in [0.15, 0.2) is 96.0 Å². The number of amides is 3. The van der Waals surface area contributed by atoms with Crippen LogP contribution in [0.5, 0.6) is 0 Å². The molecule has 0 radical (unpaired) electrons. The topological polar surface area (TPSA) is 73.8 Å². The molecule has 4 aromatic carbocycles. The minimum Gasteiger partial charge on any atom is -0.332 e. The quantitative estimate of drug-likeness (QED) is 0.423. The number of nitrogens with zero attached hydrogens (tertiary/aromatic N) is 2. The minimum absolute atomic E-state index is 0.254. The second kappa shape index (κ2) is 9.62. The van der Waals surface area contributed by atoms with Crippen molar-refractivity contribution >= 4 is 34.1 Å². The van der Waals surface area contributed by atoms with Crippen LogP contribution in [0.4, 0.5) is 14.9 Å². The van der Waals surface area contributed by atoms with Crippen molar-refractivity contribution in [3.8, 4) is 0 Å². The Hall–Kier alpha value is -4.52. The van der Waals surface area contributed by atoms with Crippen LogP contribution >= 0.6 is 0 Å². The Morgan fingerprint density at radius 1 is 0.917 bits per heavy atom. The van der Waals surface area contributed by atoms with Crippen molar-refractivity contribution in [3.63, 3.8) is 0 Å². The van der Waals surface area contributed by atoms with E-state index in [0.717, 1.165) is 16.3 Å². The molecule has 2 N–H and O–H groups in total. The standard InChI is InChI=1S/C29H25FN4O2/c1-18(20-15-9-11-19-10-3-4-12-21(19)20)31-29(36)33-27-28(35)34(2)25-17-8-6-14-23(25)26(32-27)22-13-5-7-16-24(22)30/h3-18,27H,1-2H3,(H2,31,33,36). The van der Waals surface area contributed by atoms with Crippen molar-refractivity contribution in [3.05, 3.63) is 114 Å². The summed E-state index contributed by atoms with van der Waals surface area (Å²) in [6.45, 7) is 1.88. The number of urea groups is 1. The predicted molar refractivity (Wildman–Crippen MR) is 140 cm³/mol. The van der Waals surface area contributed by atoms with E-state index >= 15 is 0 Å². The van der Waals surface area contributed by atoms with Gasteiger partial charge in [-0.15, -0.1) is 0 Å². The van der Waals surface area contributed by atoms with Gasteiger partial charge in [0.15, 0.2) is 0 Å². The van der Waals surface area contributed by atoms with Crippen molar-refractivity contribution in [1.82, 2.24) is 10.6 Å². The van der Waals surface area contributed by atoms with Gasteiger partial charge in [-0.1, -0.05) is 72.8 Å². The number of hydrogen-bond donors (Lipinski definition) is 2. The lowest BCUT2D eigenvalue weighted by molar-refractivity contribution is -0.119. The molecule has 7 heteroatoms. The molecule has 0 aliphatic carbocycles. The largest absolute Gasteiger partial charge is 0.332 e. The molecular weight excluding hydrogens is 455 g/mol. The third-order valence-electron chi connectivity index (χ3n) is 6.38. The van der Waals surface area contributed by atoms with Crippen molar-refractivity contribution < 1.29 is 14.0 Å². The summed E-state index contributed by atoms with van der Waals surface area (Å²) in [4.78, 5) is 32.4. The van der Waals surface area contributed by atoms with Gasteiger partial charge in [0, 0.05) is 18.2 Å². The second-order valence-electron chi connectivity index (χ2n) is 8.68. The Morgan fingerprint density at radius 2 is 1.58 bits per heavy atom. The lowest BCUT2D eigenvalue weighted by Gasteiger charge is -2.22. The fourth-order valence-corrected chi connectivity index (χ4v) is 4.55. The number of rotatable bonds is 4. The molecule has 0 aromatic heterocycles. The lowest BCUT2D eigenvalue weighted by Crippen LogP contribution is -2.49. The number of aliphatic imine (C=N–C) groups is 1. The fraction of sp³-hybridized carbons (Fsp3) is 0.138. The molecule has 36 heavy (non-hydrogen) atoms. The highest BCUT2D eigenvalue weighted by Gasteiger charge is 2.32. The monoisotopic (exact) mass is 480 g/mol. The van der Waals surface area contributed by atoms with Crippen LogP contribution in [0.25, 0.3) is 10.8 Å². The Kier molecular flexibility index (Phi) is 6.21. The Balaban J connectivity index is 1.46. The predicted octanol–water partition coefficient (Wildman–Crippen LogP) is 5.18. The molecule has 1 heterocycles. The number of para-hydroxylation sites is 1. The van der Waals surface area contributed by atoms with E-state index in [0.29, 0.717) is 17.0 Å². The molecule has 1 aliphatic heterocycles. The Morgan fingerprint density at radius 3 is 2.39 bits per heavy atom. The highest BCUT2D eigenvalue weighted by atomic mass is 19.1. The van der Waals surface area contributed by atoms with Crippen LogP contribution in [0.2, 0.25) is 0 Å². The number of benzene rings is 4. The summed E-state index contributed by atoms with van der Waals surface area (Å²) in [7, 11) is 1.62. The van der Waals surface area contributed by atoms with E-state index in [2.05, 4.69) is 15.6 Å². The summed E-state index contributed by atoms with van der Waals surface area (Å²) < 4.78 is 14.8. The van der Waals surface area contributed by atoms with Crippen molar-refractivity contribution in [2.75, 3.05) is 11.9 Å². The first-order valence-corrected chi connectivity index (χ1v) is 11.7. The first kappa shape index (κ1) is 23.2. The number of benzodiazepines with no additional fused rings is 1. The van der Waals surface area contributed by atoms with Gasteiger partial charge in [-0.2, -0.15) is 0 Å². The first-order chi connectivity index (χ1) is 17.4. The summed E-state index contributed by atoms with van der Waals surface area (Å²) in [5.74, 6) is -0.891. The van der Waals surface area contributed by atoms with Gasteiger partial charge in [0.1, 0.15) is 5.82 Å². The number of carbonyl (C=O) groups excluding carboxylic acids is 2. The number of anilines is 1. The SMILES string of the molecule is CC(NC(=O)NC1N=C(c2ccccc2F)c2ccccc2N(C)C1=O)c1cccc2ccccc12. The zero-order chi connectivity index (χ0) is 25.2. The van der Waals surface area contributed by atoms with Gasteiger partial charge in [-0.25, -0.2) is 14.2 Å². The molecule has 0 saturated carbocycles. The van der Waals surface area contributed by atoms with Gasteiger partial charge >= 0.3 is 6.03 Å². The summed E-state index contributed by atoms with van der Waals surface area (Å²) in [5, 5.41) is 7.71. The molecule has 4 aromatic rings. The number of halogens is 1. The summed E-state index contributed by atoms with van der Waals surface area (Å²) in [6, 6.07) is 26.4. The fourth-order valence-electron chi connectivity index (χ4n) is 4.55. The number of fused-ring (bicyclic) bond motifs is 2. The molecule has 1 aliphatic rings. The third kappa shape index (κ3) is 4.31. The molecule has 3 amide bonds. The number of nitrogens with one attached hydrogen (secondary N) is 2. The van der Waals surface area contributed by atoms with Crippen molar-refractivity contribution in [1.29, 1.82) is 0 Å². The van der Waals surface area contributed by atoms with E-state index in [4.69, 9.17) is 0 Å². The highest BCUT2D eigenvalue weighted by molar-refractivity contribution is 6.20. The Bertz CT molecular complexity index is 1490. The van der Waals surface area contributed by atoms with Crippen LogP contribution in [0, 0.1) is 5.82 Å². The van der Waals surface area contributed by atoms with Gasteiger partial charge in [0.2, 0.25) is 6.17 Å². The van der Waals surface area contributed by atoms with E-state index in [1.54, 1.807) is 49.5 Å². The average molecular weight is 481 g/mol. The lowest BCUT2D eigenvalue weighted by atomic mass is 10.00. The molecule has 0 spiro atoms. The van der Waals surface area contributed by atoms with Gasteiger partial charge in [0.05, 0.1) is 17.4 Å². The van der Waals surface area contributed by atoms with E-state index in [9.17, 15) is 14.0 Å². The van der Waals surface area contributed by atoms with Crippen molar-refractivity contribution in [2.45, 2.75) is 19.1 Å². The van der Waals surface area contributed by atoms with Crippen LogP contribution in [0.3, 0.4) is 0 Å². The zero-order valence-corrected chi connectivity index (χ0v) is 19.9. The second-order valence-corrected chi connectivity index (χ2v) is 8.68. The first-order valence-electron chi connectivity index (χ1n) is 11.7. The van der Waals surface area contributed by atoms with E-state index < -0.39 is 23.9 Å². The van der Waals surface area contributed by atoms with Crippen LogP contribution in [-0.2, 0) is 4.79 Å². The number of likely N-dealkylation sites (N-methyl/N-ethyl adjacent to an activating group) is 1. The van der Waals surface area contributed by atoms with Crippen LogP contribution in [-0.4, -0.2) is 30.9 Å². The summed E-state index contributed by atoms with van der Waals surface area (Å²) >= 11 is 0. The van der Waals surface area contributed by atoms with E-state index in [1.807, 2.05) is 49.4 Å². The maximum absolute atomic E-state index is 14.8. The van der Waals surface area contributed by atoms with E-state index in [1.165, 1.54) is 11.0 Å². The van der Waals surface area contributed by atoms with Crippen LogP contribution < -0.4 is 15.5 Å². The molecule has 180 valence electrons. The number of carbonyl (C=O) groups is 2. The molecule has 2 atom stereocenters. The molecule has 5 rings (SSSR count). The summed E-state index contributed by atoms with van der Waals surface area (Å²) in [6.07, 6.45) is -1.24. The zero-order valence-electron chi connectivity index (χ0n) is 19.9.